The van der Waals surface area contributed by atoms with Crippen molar-refractivity contribution in [2.75, 3.05) is 14.1 Å². The number of carbonyl (C=O) groups is 1. The van der Waals surface area contributed by atoms with Gasteiger partial charge in [-0.1, -0.05) is 18.2 Å². The van der Waals surface area contributed by atoms with Crippen molar-refractivity contribution in [3.8, 4) is 0 Å². The topological polar surface area (TPSA) is 23.6 Å². The highest BCUT2D eigenvalue weighted by Gasteiger charge is 2.66. The van der Waals surface area contributed by atoms with Gasteiger partial charge in [0.1, 0.15) is 0 Å². The summed E-state index contributed by atoms with van der Waals surface area (Å²) in [7, 11) is 4.10. The summed E-state index contributed by atoms with van der Waals surface area (Å²) >= 11 is 0. The first-order chi connectivity index (χ1) is 9.57. The van der Waals surface area contributed by atoms with Gasteiger partial charge in [-0.05, 0) is 48.4 Å². The zero-order valence-electron chi connectivity index (χ0n) is 12.4. The highest BCUT2D eigenvalue weighted by atomic mass is 16.2. The minimum atomic E-state index is 0.341. The molecule has 1 unspecified atom stereocenters. The van der Waals surface area contributed by atoms with Gasteiger partial charge in [0.25, 0.3) is 0 Å². The number of nitrogens with zero attached hydrogens (tertiary/aromatic N) is 2. The summed E-state index contributed by atoms with van der Waals surface area (Å²) in [5.74, 6) is 0.702. The van der Waals surface area contributed by atoms with Gasteiger partial charge >= 0.3 is 0 Å². The van der Waals surface area contributed by atoms with Crippen molar-refractivity contribution in [1.82, 2.24) is 9.80 Å². The fraction of sp³-hybridized carbons (Fsp3) is 0.588. The molecule has 2 aliphatic carbocycles. The molecule has 106 valence electrons. The van der Waals surface area contributed by atoms with Crippen LogP contribution in [0.25, 0.3) is 0 Å². The lowest BCUT2D eigenvalue weighted by atomic mass is 10.1. The van der Waals surface area contributed by atoms with Crippen molar-refractivity contribution in [2.24, 2.45) is 11.3 Å². The van der Waals surface area contributed by atoms with Crippen LogP contribution in [0, 0.1) is 11.3 Å². The van der Waals surface area contributed by atoms with Gasteiger partial charge in [0.15, 0.2) is 0 Å². The van der Waals surface area contributed by atoms with Crippen LogP contribution in [0.1, 0.15) is 36.0 Å². The largest absolute Gasteiger partial charge is 0.341 e. The van der Waals surface area contributed by atoms with Crippen LogP contribution in [0.5, 0.6) is 0 Å². The molecule has 1 atom stereocenters. The van der Waals surface area contributed by atoms with Gasteiger partial charge in [-0.2, -0.15) is 0 Å². The van der Waals surface area contributed by atoms with E-state index in [2.05, 4.69) is 30.1 Å². The van der Waals surface area contributed by atoms with Crippen molar-refractivity contribution >= 4 is 5.91 Å². The zero-order chi connectivity index (χ0) is 13.9. The molecular formula is C17H22N2O. The van der Waals surface area contributed by atoms with Crippen LogP contribution in [0.3, 0.4) is 0 Å². The van der Waals surface area contributed by atoms with Crippen molar-refractivity contribution in [3.05, 3.63) is 34.9 Å². The predicted octanol–water partition coefficient (Wildman–Crippen LogP) is 2.39. The first kappa shape index (κ1) is 12.4. The standard InChI is InChI=1S/C17H22N2O/c1-18-10-13-4-3-12(7-14(13)11-18)9-19(2)16(20)15-8-17(15)5-6-17/h3-4,7,15H,5-6,8-11H2,1-2H3. The molecule has 1 aliphatic heterocycles. The van der Waals surface area contributed by atoms with E-state index in [-0.39, 0.29) is 0 Å². The molecule has 0 aromatic heterocycles. The lowest BCUT2D eigenvalue weighted by Gasteiger charge is -2.18. The maximum Gasteiger partial charge on any atom is 0.226 e. The lowest BCUT2D eigenvalue weighted by molar-refractivity contribution is -0.132. The molecule has 1 heterocycles. The Morgan fingerprint density at radius 3 is 2.80 bits per heavy atom. The van der Waals surface area contributed by atoms with Gasteiger partial charge in [-0.15, -0.1) is 0 Å². The van der Waals surface area contributed by atoms with E-state index in [0.29, 0.717) is 17.2 Å². The molecular weight excluding hydrogens is 248 g/mol. The quantitative estimate of drug-likeness (QED) is 0.842. The number of fused-ring (bicyclic) bond motifs is 1. The van der Waals surface area contributed by atoms with Crippen LogP contribution in [0.15, 0.2) is 18.2 Å². The average Bonchev–Trinajstić information content (AvgIpc) is 3.31. The van der Waals surface area contributed by atoms with Gasteiger partial charge in [0.05, 0.1) is 0 Å². The molecule has 2 saturated carbocycles. The zero-order valence-corrected chi connectivity index (χ0v) is 12.4. The van der Waals surface area contributed by atoms with E-state index in [0.717, 1.165) is 26.1 Å². The second-order valence-corrected chi connectivity index (χ2v) is 7.09. The monoisotopic (exact) mass is 270 g/mol. The van der Waals surface area contributed by atoms with Crippen molar-refractivity contribution in [2.45, 2.75) is 38.9 Å². The highest BCUT2D eigenvalue weighted by molar-refractivity contribution is 5.83. The average molecular weight is 270 g/mol. The molecule has 0 saturated heterocycles. The van der Waals surface area contributed by atoms with E-state index in [1.165, 1.54) is 29.5 Å². The maximum absolute atomic E-state index is 12.4. The Hall–Kier alpha value is -1.35. The summed E-state index contributed by atoms with van der Waals surface area (Å²) in [5, 5.41) is 0. The highest BCUT2D eigenvalue weighted by Crippen LogP contribution is 2.70. The summed E-state index contributed by atoms with van der Waals surface area (Å²) in [4.78, 5) is 16.6. The Balaban J connectivity index is 1.44. The molecule has 0 bridgehead atoms. The van der Waals surface area contributed by atoms with Gasteiger partial charge < -0.3 is 4.90 Å². The first-order valence-electron chi connectivity index (χ1n) is 7.62. The minimum Gasteiger partial charge on any atom is -0.341 e. The van der Waals surface area contributed by atoms with Crippen LogP contribution in [-0.4, -0.2) is 29.8 Å². The van der Waals surface area contributed by atoms with Gasteiger partial charge in [-0.3, -0.25) is 9.69 Å². The summed E-state index contributed by atoms with van der Waals surface area (Å²) in [5.41, 5.74) is 4.59. The second-order valence-electron chi connectivity index (χ2n) is 7.09. The summed E-state index contributed by atoms with van der Waals surface area (Å²) < 4.78 is 0. The molecule has 1 aromatic carbocycles. The molecule has 3 aliphatic rings. The number of rotatable bonds is 3. The molecule has 2 fully saturated rings. The smallest absolute Gasteiger partial charge is 0.226 e. The summed E-state index contributed by atoms with van der Waals surface area (Å²) in [6.07, 6.45) is 3.70. The molecule has 3 heteroatoms. The summed E-state index contributed by atoms with van der Waals surface area (Å²) in [6, 6.07) is 6.69. The van der Waals surface area contributed by atoms with E-state index < -0.39 is 0 Å². The molecule has 0 radical (unpaired) electrons. The Morgan fingerprint density at radius 2 is 2.10 bits per heavy atom. The third-order valence-corrected chi connectivity index (χ3v) is 5.33. The van der Waals surface area contributed by atoms with Crippen molar-refractivity contribution in [3.63, 3.8) is 0 Å². The van der Waals surface area contributed by atoms with Crippen LogP contribution < -0.4 is 0 Å². The Labute approximate surface area is 120 Å². The van der Waals surface area contributed by atoms with Gasteiger partial charge in [0, 0.05) is 32.6 Å². The molecule has 20 heavy (non-hydrogen) atoms. The van der Waals surface area contributed by atoms with E-state index in [1.807, 2.05) is 11.9 Å². The predicted molar refractivity (Wildman–Crippen MR) is 77.9 cm³/mol. The third-order valence-electron chi connectivity index (χ3n) is 5.33. The molecule has 4 rings (SSSR count). The SMILES string of the molecule is CN1Cc2ccc(CN(C)C(=O)C3CC34CC4)cc2C1. The van der Waals surface area contributed by atoms with Gasteiger partial charge in [-0.25, -0.2) is 0 Å². The van der Waals surface area contributed by atoms with Crippen LogP contribution in [-0.2, 0) is 24.4 Å². The molecule has 1 aromatic rings. The number of benzene rings is 1. The molecule has 3 nitrogen and oxygen atoms in total. The first-order valence-corrected chi connectivity index (χ1v) is 7.62. The van der Waals surface area contributed by atoms with Crippen LogP contribution in [0.2, 0.25) is 0 Å². The fourth-order valence-electron chi connectivity index (χ4n) is 3.74. The number of hydrogen-bond acceptors (Lipinski definition) is 2. The van der Waals surface area contributed by atoms with Crippen molar-refractivity contribution in [1.29, 1.82) is 0 Å². The number of hydrogen-bond donors (Lipinski definition) is 0. The Kier molecular flexibility index (Phi) is 2.53. The molecule has 0 N–H and O–H groups in total. The number of carbonyl (C=O) groups excluding carboxylic acids is 1. The normalized spacial score (nSPS) is 25.6. The third kappa shape index (κ3) is 1.96. The summed E-state index contributed by atoms with van der Waals surface area (Å²) in [6.45, 7) is 2.84. The van der Waals surface area contributed by atoms with E-state index in [1.54, 1.807) is 0 Å². The second kappa shape index (κ2) is 4.08. The molecule has 1 amide bonds. The molecule has 1 spiro atoms. The maximum atomic E-state index is 12.4. The van der Waals surface area contributed by atoms with Gasteiger partial charge in [0.2, 0.25) is 5.91 Å². The Bertz CT molecular complexity index is 576. The Morgan fingerprint density at radius 1 is 1.35 bits per heavy atom. The van der Waals surface area contributed by atoms with E-state index in [4.69, 9.17) is 0 Å². The van der Waals surface area contributed by atoms with Crippen LogP contribution >= 0.6 is 0 Å². The van der Waals surface area contributed by atoms with E-state index in [9.17, 15) is 4.79 Å². The fourth-order valence-corrected chi connectivity index (χ4v) is 3.74. The van der Waals surface area contributed by atoms with Crippen LogP contribution in [0.4, 0.5) is 0 Å². The van der Waals surface area contributed by atoms with Crippen molar-refractivity contribution < 1.29 is 4.79 Å². The number of amides is 1. The lowest BCUT2D eigenvalue weighted by Crippen LogP contribution is -2.28. The van der Waals surface area contributed by atoms with E-state index >= 15 is 0 Å². The minimum absolute atomic E-state index is 0.341.